The summed E-state index contributed by atoms with van der Waals surface area (Å²) in [6.45, 7) is 3.52. The van der Waals surface area contributed by atoms with Crippen molar-refractivity contribution in [3.63, 3.8) is 0 Å². The van der Waals surface area contributed by atoms with Crippen LogP contribution in [0.15, 0.2) is 36.4 Å². The van der Waals surface area contributed by atoms with Gasteiger partial charge in [-0.2, -0.15) is 0 Å². The van der Waals surface area contributed by atoms with Crippen LogP contribution >= 0.6 is 11.6 Å². The van der Waals surface area contributed by atoms with E-state index in [-0.39, 0.29) is 5.91 Å². The van der Waals surface area contributed by atoms with E-state index in [1.165, 1.54) is 0 Å². The van der Waals surface area contributed by atoms with E-state index in [9.17, 15) is 4.79 Å². The summed E-state index contributed by atoms with van der Waals surface area (Å²) in [5.74, 6) is 0.926. The molecule has 3 rings (SSSR count). The number of aromatic nitrogens is 1. The summed E-state index contributed by atoms with van der Waals surface area (Å²) >= 11 is 6.16. The predicted octanol–water partition coefficient (Wildman–Crippen LogP) is 5.16. The lowest BCUT2D eigenvalue weighted by Crippen LogP contribution is -2.24. The molecule has 0 spiro atoms. The topological polar surface area (TPSA) is 63.2 Å². The molecule has 28 heavy (non-hydrogen) atoms. The van der Waals surface area contributed by atoms with E-state index >= 15 is 0 Å². The number of halogens is 1. The molecule has 2 aromatic carbocycles. The fourth-order valence-corrected chi connectivity index (χ4v) is 3.39. The summed E-state index contributed by atoms with van der Waals surface area (Å²) in [5.41, 5.74) is 2.79. The molecule has 0 unspecified atom stereocenters. The van der Waals surface area contributed by atoms with Crippen LogP contribution in [-0.2, 0) is 4.79 Å². The largest absolute Gasteiger partial charge is 0.497 e. The molecule has 0 radical (unpaired) electrons. The molecule has 1 heterocycles. The van der Waals surface area contributed by atoms with Crippen molar-refractivity contribution in [2.75, 3.05) is 25.5 Å². The smallest absolute Gasteiger partial charge is 0.219 e. The van der Waals surface area contributed by atoms with Gasteiger partial charge in [-0.15, -0.1) is 0 Å². The number of methoxy groups -OCH3 is 1. The van der Waals surface area contributed by atoms with Crippen molar-refractivity contribution in [2.24, 2.45) is 0 Å². The van der Waals surface area contributed by atoms with Gasteiger partial charge >= 0.3 is 0 Å². The molecule has 3 aromatic rings. The van der Waals surface area contributed by atoms with E-state index in [4.69, 9.17) is 21.3 Å². The number of fused-ring (bicyclic) bond motifs is 2. The molecule has 1 amide bonds. The Hall–Kier alpha value is -2.53. The van der Waals surface area contributed by atoms with Crippen LogP contribution in [0.5, 0.6) is 5.75 Å². The van der Waals surface area contributed by atoms with Gasteiger partial charge < -0.3 is 15.4 Å². The van der Waals surface area contributed by atoms with Gasteiger partial charge in [0.1, 0.15) is 5.75 Å². The normalized spacial score (nSPS) is 11.0. The van der Waals surface area contributed by atoms with Crippen molar-refractivity contribution >= 4 is 45.0 Å². The minimum Gasteiger partial charge on any atom is -0.497 e. The molecular formula is C22H26ClN3O2. The van der Waals surface area contributed by atoms with E-state index < -0.39 is 0 Å². The number of nitrogens with one attached hydrogen (secondary N) is 2. The number of carbonyl (C=O) groups excluding carboxylic acids is 1. The third kappa shape index (κ3) is 4.84. The number of nitrogens with zero attached hydrogens (tertiary/aromatic N) is 1. The highest BCUT2D eigenvalue weighted by atomic mass is 35.5. The van der Waals surface area contributed by atoms with Gasteiger partial charge in [-0.3, -0.25) is 4.79 Å². The molecule has 0 aliphatic heterocycles. The van der Waals surface area contributed by atoms with Crippen molar-refractivity contribution in [3.05, 3.63) is 41.4 Å². The van der Waals surface area contributed by atoms with Crippen LogP contribution in [-0.4, -0.2) is 31.1 Å². The Morgan fingerprint density at radius 2 is 1.89 bits per heavy atom. The van der Waals surface area contributed by atoms with E-state index in [1.54, 1.807) is 7.11 Å². The molecule has 0 aliphatic rings. The molecule has 0 saturated heterocycles. The van der Waals surface area contributed by atoms with Crippen LogP contribution in [0.2, 0.25) is 5.02 Å². The van der Waals surface area contributed by atoms with Crippen molar-refractivity contribution in [2.45, 2.75) is 32.6 Å². The highest BCUT2D eigenvalue weighted by Crippen LogP contribution is 2.34. The van der Waals surface area contributed by atoms with Crippen molar-refractivity contribution in [1.29, 1.82) is 0 Å². The average Bonchev–Trinajstić information content (AvgIpc) is 2.69. The van der Waals surface area contributed by atoms with Crippen molar-refractivity contribution in [1.82, 2.24) is 10.3 Å². The third-order valence-electron chi connectivity index (χ3n) is 4.65. The number of ether oxygens (including phenoxy) is 1. The predicted molar refractivity (Wildman–Crippen MR) is 116 cm³/mol. The maximum Gasteiger partial charge on any atom is 0.219 e. The first-order valence-electron chi connectivity index (χ1n) is 9.70. The summed E-state index contributed by atoms with van der Waals surface area (Å²) in [5, 5.41) is 9.23. The third-order valence-corrected chi connectivity index (χ3v) is 4.88. The Labute approximate surface area is 170 Å². The summed E-state index contributed by atoms with van der Waals surface area (Å²) < 4.78 is 5.39. The first kappa shape index (κ1) is 20.2. The Morgan fingerprint density at radius 1 is 1.07 bits per heavy atom. The number of unbranched alkanes of at least 4 members (excludes halogenated alkanes) is 1. The summed E-state index contributed by atoms with van der Waals surface area (Å²) in [6, 6.07) is 11.6. The van der Waals surface area contributed by atoms with Gasteiger partial charge in [0.2, 0.25) is 5.91 Å². The number of hydrogen-bond acceptors (Lipinski definition) is 4. The molecule has 0 bridgehead atoms. The second kappa shape index (κ2) is 9.60. The maximum absolute atomic E-state index is 11.5. The molecule has 6 heteroatoms. The lowest BCUT2D eigenvalue weighted by atomic mass is 10.1. The Morgan fingerprint density at radius 3 is 2.68 bits per heavy atom. The zero-order chi connectivity index (χ0) is 19.9. The van der Waals surface area contributed by atoms with Crippen LogP contribution in [0.1, 0.15) is 32.6 Å². The number of hydrogen-bond donors (Lipinski definition) is 2. The lowest BCUT2D eigenvalue weighted by molar-refractivity contribution is -0.121. The standard InChI is InChI=1S/C22H26ClN3O2/c1-3-6-21(27)24-11-4-5-12-25-22-17-9-7-15(23)13-20(17)26-19-10-8-16(28-2)14-18(19)22/h7-10,13-14H,3-6,11-12H2,1-2H3,(H,24,27)(H,25,26). The van der Waals surface area contributed by atoms with Gasteiger partial charge in [-0.25, -0.2) is 4.98 Å². The molecule has 2 N–H and O–H groups in total. The number of pyridine rings is 1. The Bertz CT molecular complexity index is 975. The zero-order valence-corrected chi connectivity index (χ0v) is 17.1. The van der Waals surface area contributed by atoms with Gasteiger partial charge in [0.15, 0.2) is 0 Å². The van der Waals surface area contributed by atoms with Crippen LogP contribution < -0.4 is 15.4 Å². The van der Waals surface area contributed by atoms with Crippen molar-refractivity contribution < 1.29 is 9.53 Å². The fourth-order valence-electron chi connectivity index (χ4n) is 3.22. The molecule has 0 atom stereocenters. The number of carbonyl (C=O) groups is 1. The number of benzene rings is 2. The fraction of sp³-hybridized carbons (Fsp3) is 0.364. The minimum atomic E-state index is 0.130. The van der Waals surface area contributed by atoms with E-state index in [2.05, 4.69) is 10.6 Å². The van der Waals surface area contributed by atoms with Crippen LogP contribution in [0.25, 0.3) is 21.8 Å². The number of anilines is 1. The van der Waals surface area contributed by atoms with Gasteiger partial charge in [-0.05, 0) is 55.7 Å². The first-order chi connectivity index (χ1) is 13.6. The summed E-state index contributed by atoms with van der Waals surface area (Å²) in [6.07, 6.45) is 3.36. The average molecular weight is 400 g/mol. The van der Waals surface area contributed by atoms with Gasteiger partial charge in [0.05, 0.1) is 23.8 Å². The molecule has 148 valence electrons. The van der Waals surface area contributed by atoms with Crippen LogP contribution in [0.4, 0.5) is 5.69 Å². The lowest BCUT2D eigenvalue weighted by Gasteiger charge is -2.14. The summed E-state index contributed by atoms with van der Waals surface area (Å²) in [7, 11) is 1.66. The molecule has 5 nitrogen and oxygen atoms in total. The van der Waals surface area contributed by atoms with Crippen LogP contribution in [0, 0.1) is 0 Å². The van der Waals surface area contributed by atoms with Crippen LogP contribution in [0.3, 0.4) is 0 Å². The highest BCUT2D eigenvalue weighted by molar-refractivity contribution is 6.31. The second-order valence-corrected chi connectivity index (χ2v) is 7.20. The SMILES string of the molecule is CCCC(=O)NCCCCNc1c2ccc(Cl)cc2nc2ccc(OC)cc12. The quantitative estimate of drug-likeness (QED) is 0.385. The Kier molecular flexibility index (Phi) is 6.93. The second-order valence-electron chi connectivity index (χ2n) is 6.77. The Balaban J connectivity index is 1.76. The summed E-state index contributed by atoms with van der Waals surface area (Å²) in [4.78, 5) is 16.3. The highest BCUT2D eigenvalue weighted by Gasteiger charge is 2.10. The van der Waals surface area contributed by atoms with Gasteiger partial charge in [0, 0.05) is 35.3 Å². The molecular weight excluding hydrogens is 374 g/mol. The maximum atomic E-state index is 11.5. The first-order valence-corrected chi connectivity index (χ1v) is 10.1. The monoisotopic (exact) mass is 399 g/mol. The van der Waals surface area contributed by atoms with Gasteiger partial charge in [0.25, 0.3) is 0 Å². The molecule has 0 fully saturated rings. The number of rotatable bonds is 9. The zero-order valence-electron chi connectivity index (χ0n) is 16.3. The van der Waals surface area contributed by atoms with E-state index in [0.29, 0.717) is 18.0 Å². The molecule has 0 saturated carbocycles. The molecule has 0 aliphatic carbocycles. The van der Waals surface area contributed by atoms with Crippen molar-refractivity contribution in [3.8, 4) is 5.75 Å². The van der Waals surface area contributed by atoms with Gasteiger partial charge in [-0.1, -0.05) is 18.5 Å². The number of amides is 1. The van der Waals surface area contributed by atoms with E-state index in [1.807, 2.05) is 43.3 Å². The molecule has 1 aromatic heterocycles. The van der Waals surface area contributed by atoms with E-state index in [0.717, 1.165) is 59.0 Å². The minimum absolute atomic E-state index is 0.130.